The molecule has 104 valence electrons. The quantitative estimate of drug-likeness (QED) is 0.779. The molecule has 1 heterocycles. The number of hydrogen-bond donors (Lipinski definition) is 0. The van der Waals surface area contributed by atoms with E-state index in [0.717, 1.165) is 5.56 Å². The highest BCUT2D eigenvalue weighted by atomic mass is 35.5. The van der Waals surface area contributed by atoms with E-state index in [1.807, 2.05) is 0 Å². The number of piperazine rings is 1. The second kappa shape index (κ2) is 5.48. The van der Waals surface area contributed by atoms with Gasteiger partial charge in [0, 0.05) is 26.0 Å². The van der Waals surface area contributed by atoms with Crippen LogP contribution in [0.1, 0.15) is 5.56 Å². The maximum Gasteiger partial charge on any atom is 0.243 e. The summed E-state index contributed by atoms with van der Waals surface area (Å²) in [5.41, 5.74) is 0.857. The van der Waals surface area contributed by atoms with E-state index < -0.39 is 10.0 Å². The number of benzene rings is 1. The van der Waals surface area contributed by atoms with Crippen molar-refractivity contribution in [2.45, 2.75) is 10.8 Å². The molecular formula is C12H15ClN2O3S. The Morgan fingerprint density at radius 2 is 1.84 bits per heavy atom. The molecule has 0 N–H and O–H groups in total. The van der Waals surface area contributed by atoms with Crippen LogP contribution in [0.3, 0.4) is 0 Å². The summed E-state index contributed by atoms with van der Waals surface area (Å²) in [4.78, 5) is 13.3. The summed E-state index contributed by atoms with van der Waals surface area (Å²) in [6.07, 6.45) is 0. The Morgan fingerprint density at radius 1 is 1.21 bits per heavy atom. The Hall–Kier alpha value is -1.11. The van der Waals surface area contributed by atoms with Crippen LogP contribution in [0.5, 0.6) is 0 Å². The fourth-order valence-corrected chi connectivity index (χ4v) is 3.40. The van der Waals surface area contributed by atoms with Crippen molar-refractivity contribution in [1.29, 1.82) is 0 Å². The number of likely N-dealkylation sites (N-methyl/N-ethyl adjacent to an activating group) is 1. The molecule has 5 nitrogen and oxygen atoms in total. The highest BCUT2D eigenvalue weighted by Crippen LogP contribution is 2.18. The lowest BCUT2D eigenvalue weighted by atomic mass is 10.2. The van der Waals surface area contributed by atoms with Gasteiger partial charge in [-0.3, -0.25) is 4.79 Å². The van der Waals surface area contributed by atoms with Crippen LogP contribution in [0.15, 0.2) is 29.2 Å². The minimum Gasteiger partial charge on any atom is -0.343 e. The van der Waals surface area contributed by atoms with Gasteiger partial charge in [0.15, 0.2) is 0 Å². The van der Waals surface area contributed by atoms with Gasteiger partial charge in [-0.25, -0.2) is 8.42 Å². The van der Waals surface area contributed by atoms with Gasteiger partial charge < -0.3 is 4.90 Å². The fourth-order valence-electron chi connectivity index (χ4n) is 1.84. The van der Waals surface area contributed by atoms with Crippen LogP contribution < -0.4 is 0 Å². The average Bonchev–Trinajstić information content (AvgIpc) is 2.41. The summed E-state index contributed by atoms with van der Waals surface area (Å²) in [5, 5.41) is 0. The fraction of sp³-hybridized carbons (Fsp3) is 0.417. The number of hydrogen-bond acceptors (Lipinski definition) is 3. The van der Waals surface area contributed by atoms with Crippen molar-refractivity contribution in [3.63, 3.8) is 0 Å². The molecule has 0 unspecified atom stereocenters. The van der Waals surface area contributed by atoms with Gasteiger partial charge in [0.1, 0.15) is 0 Å². The zero-order valence-corrected chi connectivity index (χ0v) is 12.1. The number of amides is 1. The number of carbonyl (C=O) groups is 1. The van der Waals surface area contributed by atoms with Crippen molar-refractivity contribution < 1.29 is 13.2 Å². The molecule has 2 rings (SSSR count). The van der Waals surface area contributed by atoms with Gasteiger partial charge in [-0.15, -0.1) is 11.6 Å². The van der Waals surface area contributed by atoms with Crippen LogP contribution >= 0.6 is 11.6 Å². The van der Waals surface area contributed by atoms with E-state index in [1.54, 1.807) is 19.2 Å². The molecule has 1 aliphatic heterocycles. The lowest BCUT2D eigenvalue weighted by Crippen LogP contribution is -2.50. The Bertz CT molecular complexity index is 571. The summed E-state index contributed by atoms with van der Waals surface area (Å²) >= 11 is 5.67. The third-order valence-corrected chi connectivity index (χ3v) is 5.31. The first-order valence-electron chi connectivity index (χ1n) is 5.84. The Morgan fingerprint density at radius 3 is 2.37 bits per heavy atom. The molecule has 1 aromatic carbocycles. The summed E-state index contributed by atoms with van der Waals surface area (Å²) < 4.78 is 25.9. The normalized spacial score (nSPS) is 17.8. The molecule has 0 bridgehead atoms. The monoisotopic (exact) mass is 302 g/mol. The minimum atomic E-state index is -3.60. The molecule has 1 amide bonds. The topological polar surface area (TPSA) is 57.7 Å². The third kappa shape index (κ3) is 2.91. The second-order valence-electron chi connectivity index (χ2n) is 4.43. The van der Waals surface area contributed by atoms with Crippen molar-refractivity contribution in [3.05, 3.63) is 29.8 Å². The molecule has 0 radical (unpaired) electrons. The highest BCUT2D eigenvalue weighted by Gasteiger charge is 2.31. The van der Waals surface area contributed by atoms with Gasteiger partial charge in [0.2, 0.25) is 15.9 Å². The first-order chi connectivity index (χ1) is 8.95. The van der Waals surface area contributed by atoms with Crippen LogP contribution in [0, 0.1) is 0 Å². The van der Waals surface area contributed by atoms with Crippen molar-refractivity contribution in [1.82, 2.24) is 9.21 Å². The largest absolute Gasteiger partial charge is 0.343 e. The van der Waals surface area contributed by atoms with E-state index >= 15 is 0 Å². The maximum atomic E-state index is 12.4. The summed E-state index contributed by atoms with van der Waals surface area (Å²) in [7, 11) is -1.93. The lowest BCUT2D eigenvalue weighted by Gasteiger charge is -2.31. The van der Waals surface area contributed by atoms with Gasteiger partial charge in [0.25, 0.3) is 0 Å². The summed E-state index contributed by atoms with van der Waals surface area (Å²) in [6.45, 7) is 0.635. The first kappa shape index (κ1) is 14.3. The molecule has 0 aliphatic carbocycles. The smallest absolute Gasteiger partial charge is 0.243 e. The van der Waals surface area contributed by atoms with Crippen molar-refractivity contribution in [2.75, 3.05) is 26.7 Å². The Kier molecular flexibility index (Phi) is 4.13. The van der Waals surface area contributed by atoms with E-state index in [1.165, 1.54) is 21.3 Å². The molecule has 0 saturated carbocycles. The number of halogens is 1. The van der Waals surface area contributed by atoms with Gasteiger partial charge in [-0.2, -0.15) is 4.31 Å². The van der Waals surface area contributed by atoms with Crippen LogP contribution in [-0.4, -0.2) is 50.2 Å². The summed E-state index contributed by atoms with van der Waals surface area (Å²) in [6, 6.07) is 6.40. The van der Waals surface area contributed by atoms with Gasteiger partial charge in [0.05, 0.1) is 11.4 Å². The predicted molar refractivity (Wildman–Crippen MR) is 72.4 cm³/mol. The predicted octanol–water partition coefficient (Wildman–Crippen LogP) is 0.888. The molecule has 1 saturated heterocycles. The Balaban J connectivity index is 2.24. The zero-order valence-electron chi connectivity index (χ0n) is 10.5. The van der Waals surface area contributed by atoms with Gasteiger partial charge in [-0.05, 0) is 17.7 Å². The molecule has 0 atom stereocenters. The van der Waals surface area contributed by atoms with Crippen molar-refractivity contribution >= 4 is 27.5 Å². The van der Waals surface area contributed by atoms with E-state index in [9.17, 15) is 13.2 Å². The zero-order chi connectivity index (χ0) is 14.0. The van der Waals surface area contributed by atoms with Crippen molar-refractivity contribution in [3.8, 4) is 0 Å². The lowest BCUT2D eigenvalue weighted by molar-refractivity contribution is -0.132. The van der Waals surface area contributed by atoms with E-state index in [2.05, 4.69) is 0 Å². The number of sulfonamides is 1. The maximum absolute atomic E-state index is 12.4. The number of alkyl halides is 1. The number of rotatable bonds is 3. The van der Waals surface area contributed by atoms with Crippen LogP contribution in [0.4, 0.5) is 0 Å². The molecule has 1 aromatic rings. The minimum absolute atomic E-state index is 0.101. The SMILES string of the molecule is CN1CCN(S(=O)(=O)c2ccc(CCl)cc2)CC1=O. The van der Waals surface area contributed by atoms with Crippen LogP contribution in [-0.2, 0) is 20.7 Å². The standard InChI is InChI=1S/C12H15ClN2O3S/c1-14-6-7-15(9-12(14)16)19(17,18)11-4-2-10(8-13)3-5-11/h2-5H,6-9H2,1H3. The van der Waals surface area contributed by atoms with Crippen LogP contribution in [0.25, 0.3) is 0 Å². The Labute approximate surface area is 117 Å². The number of nitrogens with zero attached hydrogens (tertiary/aromatic N) is 2. The van der Waals surface area contributed by atoms with Crippen LogP contribution in [0.2, 0.25) is 0 Å². The highest BCUT2D eigenvalue weighted by molar-refractivity contribution is 7.89. The van der Waals surface area contributed by atoms with Crippen molar-refractivity contribution in [2.24, 2.45) is 0 Å². The van der Waals surface area contributed by atoms with E-state index in [4.69, 9.17) is 11.6 Å². The second-order valence-corrected chi connectivity index (χ2v) is 6.64. The molecule has 0 aromatic heterocycles. The first-order valence-corrected chi connectivity index (χ1v) is 7.81. The van der Waals surface area contributed by atoms with Gasteiger partial charge >= 0.3 is 0 Å². The van der Waals surface area contributed by atoms with E-state index in [-0.39, 0.29) is 17.3 Å². The average molecular weight is 303 g/mol. The molecule has 1 fully saturated rings. The molecule has 19 heavy (non-hydrogen) atoms. The molecule has 0 spiro atoms. The molecule has 7 heteroatoms. The molecule has 1 aliphatic rings. The molecular weight excluding hydrogens is 288 g/mol. The van der Waals surface area contributed by atoms with Gasteiger partial charge in [-0.1, -0.05) is 12.1 Å². The number of carbonyl (C=O) groups excluding carboxylic acids is 1. The van der Waals surface area contributed by atoms with E-state index in [0.29, 0.717) is 19.0 Å². The summed E-state index contributed by atoms with van der Waals surface area (Å²) in [5.74, 6) is 0.153. The third-order valence-electron chi connectivity index (χ3n) is 3.14.